The summed E-state index contributed by atoms with van der Waals surface area (Å²) < 4.78 is 7.21. The fourth-order valence-corrected chi connectivity index (χ4v) is 2.64. The normalized spacial score (nSPS) is 14.2. The van der Waals surface area contributed by atoms with Crippen LogP contribution in [-0.4, -0.2) is 33.9 Å². The first kappa shape index (κ1) is 17.7. The minimum Gasteiger partial charge on any atom is -0.465 e. The van der Waals surface area contributed by atoms with Crippen LogP contribution in [-0.2, 0) is 16.1 Å². The average Bonchev–Trinajstić information content (AvgIpc) is 2.67. The molecule has 1 aromatic rings. The Morgan fingerprint density at radius 1 is 1.48 bits per heavy atom. The van der Waals surface area contributed by atoms with E-state index in [4.69, 9.17) is 4.74 Å². The van der Waals surface area contributed by atoms with Crippen molar-refractivity contribution in [3.05, 3.63) is 17.5 Å². The van der Waals surface area contributed by atoms with Crippen molar-refractivity contribution in [2.75, 3.05) is 6.61 Å². The Labute approximate surface area is 128 Å². The average molecular weight is 295 g/mol. The molecule has 120 valence electrons. The number of carbonyl (C=O) groups is 1. The predicted octanol–water partition coefficient (Wildman–Crippen LogP) is 2.60. The number of hydrogen-bond acceptors (Lipinski definition) is 4. The van der Waals surface area contributed by atoms with Gasteiger partial charge in [-0.15, -0.1) is 0 Å². The Morgan fingerprint density at radius 2 is 2.14 bits per heavy atom. The number of nitrogens with zero attached hydrogens (tertiary/aromatic N) is 2. The Balaban J connectivity index is 2.64. The molecule has 0 saturated heterocycles. The van der Waals surface area contributed by atoms with Crippen molar-refractivity contribution >= 4 is 5.97 Å². The number of rotatable bonds is 8. The minimum absolute atomic E-state index is 0.174. The zero-order valence-electron chi connectivity index (χ0n) is 14.2. The van der Waals surface area contributed by atoms with Gasteiger partial charge >= 0.3 is 5.97 Å². The van der Waals surface area contributed by atoms with Crippen LogP contribution in [0.2, 0.25) is 0 Å². The van der Waals surface area contributed by atoms with E-state index in [-0.39, 0.29) is 12.0 Å². The maximum atomic E-state index is 12.2. The van der Waals surface area contributed by atoms with Crippen molar-refractivity contribution in [2.45, 2.75) is 72.5 Å². The smallest absolute Gasteiger partial charge is 0.326 e. The lowest BCUT2D eigenvalue weighted by Crippen LogP contribution is -2.53. The van der Waals surface area contributed by atoms with Crippen LogP contribution in [0.25, 0.3) is 0 Å². The fourth-order valence-electron chi connectivity index (χ4n) is 2.64. The first-order valence-corrected chi connectivity index (χ1v) is 7.74. The summed E-state index contributed by atoms with van der Waals surface area (Å²) in [6.45, 7) is 13.1. The summed E-state index contributed by atoms with van der Waals surface area (Å²) in [6.07, 6.45) is 1.60. The van der Waals surface area contributed by atoms with E-state index >= 15 is 0 Å². The maximum Gasteiger partial charge on any atom is 0.326 e. The summed E-state index contributed by atoms with van der Waals surface area (Å²) in [6, 6.07) is 2.30. The van der Waals surface area contributed by atoms with Crippen molar-refractivity contribution in [1.82, 2.24) is 15.1 Å². The third-order valence-electron chi connectivity index (χ3n) is 3.48. The minimum atomic E-state index is -0.639. The number of hydrogen-bond donors (Lipinski definition) is 1. The summed E-state index contributed by atoms with van der Waals surface area (Å²) in [7, 11) is 0. The van der Waals surface area contributed by atoms with Gasteiger partial charge in [0.25, 0.3) is 0 Å². The molecule has 0 bridgehead atoms. The molecule has 0 aliphatic carbocycles. The molecule has 0 spiro atoms. The molecular weight excluding hydrogens is 266 g/mol. The van der Waals surface area contributed by atoms with Gasteiger partial charge in [0, 0.05) is 18.3 Å². The van der Waals surface area contributed by atoms with E-state index in [1.807, 2.05) is 39.3 Å². The van der Waals surface area contributed by atoms with Crippen LogP contribution in [0.5, 0.6) is 0 Å². The van der Waals surface area contributed by atoms with Gasteiger partial charge < -0.3 is 4.74 Å². The van der Waals surface area contributed by atoms with Gasteiger partial charge in [0.05, 0.1) is 12.3 Å². The van der Waals surface area contributed by atoms with Crippen LogP contribution in [0.4, 0.5) is 0 Å². The second kappa shape index (κ2) is 7.59. The SMILES string of the molecule is CCOC(=O)C(C)(CCCn1nc(C)cc1C)NC(C)C. The topological polar surface area (TPSA) is 56.2 Å². The standard InChI is InChI=1S/C16H29N3O2/c1-7-21-15(20)16(6,17-12(2)3)9-8-10-19-14(5)11-13(4)18-19/h11-12,17H,7-10H2,1-6H3. The summed E-state index contributed by atoms with van der Waals surface area (Å²) in [4.78, 5) is 12.2. The molecule has 0 aliphatic rings. The quantitative estimate of drug-likeness (QED) is 0.749. The van der Waals surface area contributed by atoms with Crippen LogP contribution in [0.15, 0.2) is 6.07 Å². The molecule has 1 aromatic heterocycles. The molecule has 0 aromatic carbocycles. The van der Waals surface area contributed by atoms with E-state index in [2.05, 4.69) is 23.4 Å². The van der Waals surface area contributed by atoms with Crippen molar-refractivity contribution in [3.8, 4) is 0 Å². The van der Waals surface area contributed by atoms with Gasteiger partial charge in [0.15, 0.2) is 0 Å². The summed E-state index contributed by atoms with van der Waals surface area (Å²) in [5.74, 6) is -0.174. The molecule has 0 amide bonds. The number of aromatic nitrogens is 2. The zero-order valence-corrected chi connectivity index (χ0v) is 14.2. The van der Waals surface area contributed by atoms with Crippen LogP contribution in [0, 0.1) is 13.8 Å². The van der Waals surface area contributed by atoms with Crippen molar-refractivity contribution in [3.63, 3.8) is 0 Å². The summed E-state index contributed by atoms with van der Waals surface area (Å²) >= 11 is 0. The Kier molecular flexibility index (Phi) is 6.40. The Morgan fingerprint density at radius 3 is 2.62 bits per heavy atom. The molecular formula is C16H29N3O2. The lowest BCUT2D eigenvalue weighted by molar-refractivity contribution is -0.151. The highest BCUT2D eigenvalue weighted by Crippen LogP contribution is 2.17. The van der Waals surface area contributed by atoms with E-state index in [0.29, 0.717) is 6.61 Å². The Bertz CT molecular complexity index is 468. The van der Waals surface area contributed by atoms with E-state index in [9.17, 15) is 4.79 Å². The van der Waals surface area contributed by atoms with Crippen LogP contribution in [0.3, 0.4) is 0 Å². The third-order valence-corrected chi connectivity index (χ3v) is 3.48. The fraction of sp³-hybridized carbons (Fsp3) is 0.750. The molecule has 0 saturated carbocycles. The van der Waals surface area contributed by atoms with Crippen molar-refractivity contribution in [1.29, 1.82) is 0 Å². The molecule has 5 heteroatoms. The second-order valence-corrected chi connectivity index (χ2v) is 6.11. The number of ether oxygens (including phenoxy) is 1. The highest BCUT2D eigenvalue weighted by molar-refractivity contribution is 5.80. The summed E-state index contributed by atoms with van der Waals surface area (Å²) in [5.41, 5.74) is 1.54. The highest BCUT2D eigenvalue weighted by Gasteiger charge is 2.34. The molecule has 1 heterocycles. The lowest BCUT2D eigenvalue weighted by atomic mass is 9.94. The molecule has 21 heavy (non-hydrogen) atoms. The van der Waals surface area contributed by atoms with E-state index in [0.717, 1.165) is 30.8 Å². The van der Waals surface area contributed by atoms with Gasteiger partial charge in [-0.3, -0.25) is 14.8 Å². The summed E-state index contributed by atoms with van der Waals surface area (Å²) in [5, 5.41) is 7.79. The van der Waals surface area contributed by atoms with Crippen LogP contribution >= 0.6 is 0 Å². The zero-order chi connectivity index (χ0) is 16.0. The van der Waals surface area contributed by atoms with E-state index < -0.39 is 5.54 Å². The number of carbonyl (C=O) groups excluding carboxylic acids is 1. The van der Waals surface area contributed by atoms with Crippen molar-refractivity contribution in [2.24, 2.45) is 0 Å². The number of aryl methyl sites for hydroxylation is 3. The number of esters is 1. The molecule has 0 radical (unpaired) electrons. The molecule has 1 unspecified atom stereocenters. The first-order valence-electron chi connectivity index (χ1n) is 7.74. The van der Waals surface area contributed by atoms with E-state index in [1.165, 1.54) is 0 Å². The van der Waals surface area contributed by atoms with Gasteiger partial charge in [-0.2, -0.15) is 5.10 Å². The molecule has 0 fully saturated rings. The molecule has 1 atom stereocenters. The highest BCUT2D eigenvalue weighted by atomic mass is 16.5. The Hall–Kier alpha value is -1.36. The lowest BCUT2D eigenvalue weighted by Gasteiger charge is -2.30. The van der Waals surface area contributed by atoms with Gasteiger partial charge in [-0.05, 0) is 60.5 Å². The third kappa shape index (κ3) is 5.16. The van der Waals surface area contributed by atoms with E-state index in [1.54, 1.807) is 0 Å². The molecule has 1 rings (SSSR count). The van der Waals surface area contributed by atoms with Gasteiger partial charge in [0.2, 0.25) is 0 Å². The molecule has 0 aliphatic heterocycles. The second-order valence-electron chi connectivity index (χ2n) is 6.11. The van der Waals surface area contributed by atoms with Crippen molar-refractivity contribution < 1.29 is 9.53 Å². The number of nitrogens with one attached hydrogen (secondary N) is 1. The molecule has 5 nitrogen and oxygen atoms in total. The predicted molar refractivity (Wildman–Crippen MR) is 84.2 cm³/mol. The molecule has 1 N–H and O–H groups in total. The van der Waals surface area contributed by atoms with Gasteiger partial charge in [-0.25, -0.2) is 0 Å². The first-order chi connectivity index (χ1) is 9.78. The van der Waals surface area contributed by atoms with Gasteiger partial charge in [-0.1, -0.05) is 0 Å². The van der Waals surface area contributed by atoms with Gasteiger partial charge in [0.1, 0.15) is 5.54 Å². The maximum absolute atomic E-state index is 12.2. The largest absolute Gasteiger partial charge is 0.465 e. The van der Waals surface area contributed by atoms with Crippen LogP contribution in [0.1, 0.15) is 51.9 Å². The monoisotopic (exact) mass is 295 g/mol. The van der Waals surface area contributed by atoms with Crippen LogP contribution < -0.4 is 5.32 Å².